The number of rotatable bonds is 5. The quantitative estimate of drug-likeness (QED) is 0.877. The van der Waals surface area contributed by atoms with E-state index in [9.17, 15) is 4.79 Å². The van der Waals surface area contributed by atoms with E-state index in [4.69, 9.17) is 0 Å². The first-order chi connectivity index (χ1) is 10.7. The second kappa shape index (κ2) is 5.69. The Kier molecular flexibility index (Phi) is 3.69. The first-order valence-electron chi connectivity index (χ1n) is 8.82. The summed E-state index contributed by atoms with van der Waals surface area (Å²) in [5.41, 5.74) is 1.61. The first kappa shape index (κ1) is 14.3. The van der Waals surface area contributed by atoms with Crippen LogP contribution in [0, 0.1) is 5.92 Å². The van der Waals surface area contributed by atoms with Gasteiger partial charge < -0.3 is 10.6 Å². The summed E-state index contributed by atoms with van der Waals surface area (Å²) in [7, 11) is 0. The van der Waals surface area contributed by atoms with Crippen molar-refractivity contribution in [3.63, 3.8) is 0 Å². The number of benzene rings is 1. The Morgan fingerprint density at radius 3 is 2.45 bits per heavy atom. The molecule has 0 aromatic heterocycles. The molecule has 1 aliphatic carbocycles. The molecule has 2 heterocycles. The van der Waals surface area contributed by atoms with Crippen molar-refractivity contribution in [1.29, 1.82) is 0 Å². The normalized spacial score (nSPS) is 31.7. The van der Waals surface area contributed by atoms with Crippen molar-refractivity contribution in [1.82, 2.24) is 10.6 Å². The van der Waals surface area contributed by atoms with Crippen LogP contribution in [0.4, 0.5) is 0 Å². The fourth-order valence-electron chi connectivity index (χ4n) is 4.45. The minimum Gasteiger partial charge on any atom is -0.355 e. The predicted molar refractivity (Wildman–Crippen MR) is 87.7 cm³/mol. The molecule has 2 aliphatic heterocycles. The van der Waals surface area contributed by atoms with E-state index in [1.54, 1.807) is 0 Å². The van der Waals surface area contributed by atoms with Gasteiger partial charge in [-0.3, -0.25) is 4.79 Å². The summed E-state index contributed by atoms with van der Waals surface area (Å²) in [5, 5.41) is 6.87. The summed E-state index contributed by atoms with van der Waals surface area (Å²) in [5.74, 6) is 0.846. The molecule has 1 aromatic carbocycles. The van der Waals surface area contributed by atoms with Gasteiger partial charge in [-0.25, -0.2) is 0 Å². The molecule has 1 saturated carbocycles. The smallest absolute Gasteiger partial charge is 0.220 e. The molecule has 2 bridgehead atoms. The molecule has 2 unspecified atom stereocenters. The van der Waals surface area contributed by atoms with E-state index in [0.717, 1.165) is 13.0 Å². The Hall–Kier alpha value is -1.35. The third-order valence-corrected chi connectivity index (χ3v) is 5.91. The minimum absolute atomic E-state index is 0.226. The molecule has 22 heavy (non-hydrogen) atoms. The highest BCUT2D eigenvalue weighted by Gasteiger charge is 2.44. The molecular weight excluding hydrogens is 272 g/mol. The summed E-state index contributed by atoms with van der Waals surface area (Å²) in [6, 6.07) is 12.0. The first-order valence-corrected chi connectivity index (χ1v) is 8.82. The van der Waals surface area contributed by atoms with Crippen LogP contribution in [0.2, 0.25) is 0 Å². The third-order valence-electron chi connectivity index (χ3n) is 5.91. The summed E-state index contributed by atoms with van der Waals surface area (Å²) < 4.78 is 0. The summed E-state index contributed by atoms with van der Waals surface area (Å²) in [6.45, 7) is 0.813. The van der Waals surface area contributed by atoms with Crippen LogP contribution in [0.5, 0.6) is 0 Å². The van der Waals surface area contributed by atoms with E-state index < -0.39 is 0 Å². The molecule has 118 valence electrons. The number of hydrogen-bond donors (Lipinski definition) is 2. The monoisotopic (exact) mass is 298 g/mol. The van der Waals surface area contributed by atoms with Crippen LogP contribution in [0.15, 0.2) is 30.3 Å². The number of hydrogen-bond acceptors (Lipinski definition) is 2. The Balaban J connectivity index is 1.28. The van der Waals surface area contributed by atoms with Crippen LogP contribution in [-0.2, 0) is 10.2 Å². The van der Waals surface area contributed by atoms with Crippen LogP contribution in [0.25, 0.3) is 0 Å². The Labute approximate surface area is 132 Å². The van der Waals surface area contributed by atoms with Gasteiger partial charge in [-0.2, -0.15) is 0 Å². The third kappa shape index (κ3) is 2.91. The molecule has 3 fully saturated rings. The van der Waals surface area contributed by atoms with Gasteiger partial charge in [0.25, 0.3) is 0 Å². The standard InChI is InChI=1S/C19H26N2O/c22-18(12-14-10-16-6-7-17(11-14)21-16)20-13-19(8-9-19)15-4-2-1-3-5-15/h1-5,14,16-17,21H,6-13H2,(H,20,22). The van der Waals surface area contributed by atoms with Gasteiger partial charge in [-0.1, -0.05) is 30.3 Å². The van der Waals surface area contributed by atoms with Gasteiger partial charge in [0.1, 0.15) is 0 Å². The predicted octanol–water partition coefficient (Wildman–Crippen LogP) is 2.76. The van der Waals surface area contributed by atoms with Crippen LogP contribution in [0.3, 0.4) is 0 Å². The van der Waals surface area contributed by atoms with Crippen LogP contribution >= 0.6 is 0 Å². The molecule has 1 amide bonds. The highest BCUT2D eigenvalue weighted by atomic mass is 16.1. The maximum atomic E-state index is 12.3. The fourth-order valence-corrected chi connectivity index (χ4v) is 4.45. The molecular formula is C19H26N2O. The highest BCUT2D eigenvalue weighted by molar-refractivity contribution is 5.76. The molecule has 3 nitrogen and oxygen atoms in total. The zero-order valence-electron chi connectivity index (χ0n) is 13.2. The maximum Gasteiger partial charge on any atom is 0.220 e. The van der Waals surface area contributed by atoms with Gasteiger partial charge in [0, 0.05) is 30.5 Å². The molecule has 2 atom stereocenters. The van der Waals surface area contributed by atoms with E-state index in [-0.39, 0.29) is 11.3 Å². The Morgan fingerprint density at radius 1 is 1.14 bits per heavy atom. The van der Waals surface area contributed by atoms with Crippen LogP contribution in [0.1, 0.15) is 50.5 Å². The summed E-state index contributed by atoms with van der Waals surface area (Å²) in [6.07, 6.45) is 8.12. The number of nitrogens with one attached hydrogen (secondary N) is 2. The van der Waals surface area contributed by atoms with Crippen LogP contribution in [-0.4, -0.2) is 24.5 Å². The second-order valence-electron chi connectivity index (χ2n) is 7.60. The minimum atomic E-state index is 0.226. The molecule has 3 aliphatic rings. The highest BCUT2D eigenvalue weighted by Crippen LogP contribution is 2.47. The van der Waals surface area contributed by atoms with Crippen molar-refractivity contribution >= 4 is 5.91 Å². The topological polar surface area (TPSA) is 41.1 Å². The SMILES string of the molecule is O=C(CC1CC2CCC(C1)N2)NCC1(c2ccccc2)CC1. The summed E-state index contributed by atoms with van der Waals surface area (Å²) >= 11 is 0. The zero-order valence-corrected chi connectivity index (χ0v) is 13.2. The van der Waals surface area contributed by atoms with Gasteiger partial charge in [0.2, 0.25) is 5.91 Å². The average Bonchev–Trinajstić information content (AvgIpc) is 3.26. The lowest BCUT2D eigenvalue weighted by molar-refractivity contribution is -0.122. The van der Waals surface area contributed by atoms with E-state index in [0.29, 0.717) is 18.0 Å². The van der Waals surface area contributed by atoms with E-state index in [2.05, 4.69) is 41.0 Å². The van der Waals surface area contributed by atoms with Gasteiger partial charge >= 0.3 is 0 Å². The maximum absolute atomic E-state index is 12.3. The summed E-state index contributed by atoms with van der Waals surface area (Å²) in [4.78, 5) is 12.3. The molecule has 0 spiro atoms. The van der Waals surface area contributed by atoms with E-state index in [1.807, 2.05) is 0 Å². The Morgan fingerprint density at radius 2 is 1.82 bits per heavy atom. The molecule has 4 rings (SSSR count). The number of piperidine rings is 1. The second-order valence-corrected chi connectivity index (χ2v) is 7.60. The number of carbonyl (C=O) groups excluding carboxylic acids is 1. The van der Waals surface area contributed by atoms with Crippen LogP contribution < -0.4 is 10.6 Å². The zero-order chi connectivity index (χ0) is 15.0. The number of carbonyl (C=O) groups is 1. The lowest BCUT2D eigenvalue weighted by atomic mass is 9.89. The molecule has 0 radical (unpaired) electrons. The molecule has 1 aromatic rings. The lowest BCUT2D eigenvalue weighted by Crippen LogP contribution is -2.40. The van der Waals surface area contributed by atoms with Crippen molar-refractivity contribution in [2.24, 2.45) is 5.92 Å². The molecule has 2 N–H and O–H groups in total. The van der Waals surface area contributed by atoms with Gasteiger partial charge in [-0.05, 0) is 50.0 Å². The Bertz CT molecular complexity index is 526. The molecule has 2 saturated heterocycles. The van der Waals surface area contributed by atoms with Gasteiger partial charge in [0.15, 0.2) is 0 Å². The van der Waals surface area contributed by atoms with E-state index in [1.165, 1.54) is 44.1 Å². The van der Waals surface area contributed by atoms with Crippen molar-refractivity contribution in [3.8, 4) is 0 Å². The number of amides is 1. The van der Waals surface area contributed by atoms with Crippen molar-refractivity contribution in [2.75, 3.05) is 6.54 Å². The van der Waals surface area contributed by atoms with Crippen molar-refractivity contribution < 1.29 is 4.79 Å². The van der Waals surface area contributed by atoms with Crippen molar-refractivity contribution in [2.45, 2.75) is 62.4 Å². The average molecular weight is 298 g/mol. The van der Waals surface area contributed by atoms with Crippen molar-refractivity contribution in [3.05, 3.63) is 35.9 Å². The largest absolute Gasteiger partial charge is 0.355 e. The number of fused-ring (bicyclic) bond motifs is 2. The fraction of sp³-hybridized carbons (Fsp3) is 0.632. The molecule has 3 heteroatoms. The van der Waals surface area contributed by atoms with E-state index >= 15 is 0 Å². The van der Waals surface area contributed by atoms with Gasteiger partial charge in [-0.15, -0.1) is 0 Å². The van der Waals surface area contributed by atoms with Gasteiger partial charge in [0.05, 0.1) is 0 Å². The lowest BCUT2D eigenvalue weighted by Gasteiger charge is -2.28.